The Bertz CT molecular complexity index is 1230. The molecule has 0 radical (unpaired) electrons. The van der Waals surface area contributed by atoms with E-state index in [1.165, 1.54) is 5.56 Å². The number of hydrogen-bond donors (Lipinski definition) is 1. The van der Waals surface area contributed by atoms with Gasteiger partial charge >= 0.3 is 0 Å². The van der Waals surface area contributed by atoms with Crippen molar-refractivity contribution >= 4 is 18.0 Å². The van der Waals surface area contributed by atoms with Crippen molar-refractivity contribution in [2.24, 2.45) is 5.10 Å². The Morgan fingerprint density at radius 1 is 1.09 bits per heavy atom. The normalized spacial score (nSPS) is 18.7. The lowest BCUT2D eigenvalue weighted by molar-refractivity contribution is -0.565. The lowest BCUT2D eigenvalue weighted by Crippen LogP contribution is -2.47. The summed E-state index contributed by atoms with van der Waals surface area (Å²) in [5.74, 6) is 0.446. The molecule has 1 N–H and O–H groups in total. The minimum absolute atomic E-state index is 0.307. The second kappa shape index (κ2) is 9.91. The Kier molecular flexibility index (Phi) is 6.77. The second-order valence-electron chi connectivity index (χ2n) is 8.81. The quantitative estimate of drug-likeness (QED) is 0.575. The molecule has 1 heterocycles. The number of carbonyl (C=O) groups is 1. The SMILES string of the molecule is COc1ccc(C2C(NC(=O)c3cccc(C)c3)C([O-])=N/[N+]2=C\c2ccc(C(C)C)cc2)cc1. The number of amides is 1. The third kappa shape index (κ3) is 5.01. The minimum atomic E-state index is -0.826. The summed E-state index contributed by atoms with van der Waals surface area (Å²) in [5, 5.41) is 20.2. The van der Waals surface area contributed by atoms with Crippen LogP contribution in [0.5, 0.6) is 5.75 Å². The Morgan fingerprint density at radius 2 is 1.79 bits per heavy atom. The molecule has 6 nitrogen and oxygen atoms in total. The maximum atomic E-state index is 13.0. The molecule has 2 unspecified atom stereocenters. The molecule has 0 saturated carbocycles. The van der Waals surface area contributed by atoms with Gasteiger partial charge in [-0.15, -0.1) is 0 Å². The summed E-state index contributed by atoms with van der Waals surface area (Å²) >= 11 is 0. The molecule has 0 spiro atoms. The summed E-state index contributed by atoms with van der Waals surface area (Å²) in [6.45, 7) is 6.22. The van der Waals surface area contributed by atoms with Crippen LogP contribution in [0.25, 0.3) is 0 Å². The van der Waals surface area contributed by atoms with Gasteiger partial charge in [0.25, 0.3) is 5.91 Å². The largest absolute Gasteiger partial charge is 0.856 e. The molecule has 3 aromatic rings. The summed E-state index contributed by atoms with van der Waals surface area (Å²) in [5.41, 5.74) is 4.49. The van der Waals surface area contributed by atoms with Gasteiger partial charge in [0.2, 0.25) is 12.3 Å². The molecule has 6 heteroatoms. The zero-order chi connectivity index (χ0) is 24.2. The van der Waals surface area contributed by atoms with Crippen molar-refractivity contribution in [3.05, 3.63) is 101 Å². The molecule has 1 amide bonds. The molecule has 0 aromatic heterocycles. The Balaban J connectivity index is 1.69. The van der Waals surface area contributed by atoms with Crippen LogP contribution >= 0.6 is 0 Å². The number of nitrogens with one attached hydrogen (secondary N) is 1. The van der Waals surface area contributed by atoms with E-state index in [4.69, 9.17) is 4.74 Å². The predicted octanol–water partition coefficient (Wildman–Crippen LogP) is 3.79. The first-order valence-corrected chi connectivity index (χ1v) is 11.4. The first-order valence-electron chi connectivity index (χ1n) is 11.4. The smallest absolute Gasteiger partial charge is 0.252 e. The van der Waals surface area contributed by atoms with Crippen LogP contribution in [0.15, 0.2) is 77.9 Å². The summed E-state index contributed by atoms with van der Waals surface area (Å²) in [7, 11) is 1.61. The van der Waals surface area contributed by atoms with Crippen LogP contribution in [0.4, 0.5) is 0 Å². The standard InChI is InChI=1S/C28H29N3O3/c1-18(2)21-10-8-20(9-11-21)17-31-26(22-12-14-24(34-4)15-13-22)25(28(33)30-31)29-27(32)23-7-5-6-19(3)16-23/h5-18,25-26H,1-4H3,(H-,29,30,32,33)/b31-17-. The molecule has 174 valence electrons. The van der Waals surface area contributed by atoms with E-state index in [9.17, 15) is 9.90 Å². The van der Waals surface area contributed by atoms with Gasteiger partial charge in [0.15, 0.2) is 0 Å². The van der Waals surface area contributed by atoms with E-state index in [0.29, 0.717) is 17.2 Å². The van der Waals surface area contributed by atoms with E-state index >= 15 is 0 Å². The Labute approximate surface area is 200 Å². The average Bonchev–Trinajstić information content (AvgIpc) is 3.13. The zero-order valence-electron chi connectivity index (χ0n) is 19.9. The van der Waals surface area contributed by atoms with E-state index in [2.05, 4.69) is 36.4 Å². The molecule has 1 aliphatic heterocycles. The highest BCUT2D eigenvalue weighted by Gasteiger charge is 2.41. The number of carbonyl (C=O) groups excluding carboxylic acids is 1. The number of methoxy groups -OCH3 is 1. The molecule has 1 aliphatic rings. The Morgan fingerprint density at radius 3 is 2.41 bits per heavy atom. The molecular formula is C28H29N3O3. The fourth-order valence-electron chi connectivity index (χ4n) is 4.05. The van der Waals surface area contributed by atoms with Gasteiger partial charge in [-0.05, 0) is 72.0 Å². The Hall–Kier alpha value is -3.93. The molecule has 2 atom stereocenters. The lowest BCUT2D eigenvalue weighted by Gasteiger charge is -2.20. The summed E-state index contributed by atoms with van der Waals surface area (Å²) in [6.07, 6.45) is 1.84. The molecule has 0 aliphatic carbocycles. The van der Waals surface area contributed by atoms with Crippen LogP contribution < -0.4 is 15.2 Å². The fourth-order valence-corrected chi connectivity index (χ4v) is 4.05. The summed E-state index contributed by atoms with van der Waals surface area (Å²) in [6, 6.07) is 21.6. The van der Waals surface area contributed by atoms with Gasteiger partial charge in [-0.2, -0.15) is 0 Å². The third-order valence-electron chi connectivity index (χ3n) is 5.99. The van der Waals surface area contributed by atoms with Crippen LogP contribution in [-0.2, 0) is 0 Å². The third-order valence-corrected chi connectivity index (χ3v) is 5.99. The number of ether oxygens (including phenoxy) is 1. The molecule has 34 heavy (non-hydrogen) atoms. The van der Waals surface area contributed by atoms with Crippen molar-refractivity contribution in [3.63, 3.8) is 0 Å². The molecule has 0 fully saturated rings. The van der Waals surface area contributed by atoms with Gasteiger partial charge in [0.1, 0.15) is 11.8 Å². The number of hydrogen-bond acceptors (Lipinski definition) is 4. The van der Waals surface area contributed by atoms with E-state index in [-0.39, 0.29) is 5.91 Å². The van der Waals surface area contributed by atoms with Crippen molar-refractivity contribution in [2.45, 2.75) is 38.8 Å². The first kappa shape index (κ1) is 23.2. The molecule has 0 saturated heterocycles. The fraction of sp³-hybridized carbons (Fsp3) is 0.250. The van der Waals surface area contributed by atoms with Gasteiger partial charge in [-0.25, -0.2) is 0 Å². The molecule has 4 rings (SSSR count). The number of hydrazone groups is 1. The number of nitrogens with zero attached hydrogens (tertiary/aromatic N) is 2. The van der Waals surface area contributed by atoms with E-state index in [1.807, 2.05) is 61.7 Å². The first-order chi connectivity index (χ1) is 16.4. The molecule has 3 aromatic carbocycles. The van der Waals surface area contributed by atoms with Gasteiger partial charge < -0.3 is 15.2 Å². The maximum absolute atomic E-state index is 13.0. The minimum Gasteiger partial charge on any atom is -0.856 e. The predicted molar refractivity (Wildman–Crippen MR) is 132 cm³/mol. The number of rotatable bonds is 6. The average molecular weight is 456 g/mol. The van der Waals surface area contributed by atoms with Crippen LogP contribution in [0, 0.1) is 6.92 Å². The van der Waals surface area contributed by atoms with Gasteiger partial charge in [0, 0.05) is 16.7 Å². The monoisotopic (exact) mass is 455 g/mol. The van der Waals surface area contributed by atoms with Crippen LogP contribution in [-0.4, -0.2) is 35.9 Å². The highest BCUT2D eigenvalue weighted by Crippen LogP contribution is 2.28. The van der Waals surface area contributed by atoms with E-state index < -0.39 is 18.0 Å². The second-order valence-corrected chi connectivity index (χ2v) is 8.81. The lowest BCUT2D eigenvalue weighted by atomic mass is 9.99. The van der Waals surface area contributed by atoms with Crippen LogP contribution in [0.3, 0.4) is 0 Å². The number of benzene rings is 3. The van der Waals surface area contributed by atoms with E-state index in [0.717, 1.165) is 16.7 Å². The highest BCUT2D eigenvalue weighted by molar-refractivity contribution is 5.97. The zero-order valence-corrected chi connectivity index (χ0v) is 19.9. The van der Waals surface area contributed by atoms with Crippen LogP contribution in [0.1, 0.15) is 58.4 Å². The van der Waals surface area contributed by atoms with Crippen LogP contribution in [0.2, 0.25) is 0 Å². The van der Waals surface area contributed by atoms with Crippen molar-refractivity contribution in [2.75, 3.05) is 7.11 Å². The van der Waals surface area contributed by atoms with Crippen molar-refractivity contribution in [1.29, 1.82) is 0 Å². The van der Waals surface area contributed by atoms with E-state index in [1.54, 1.807) is 23.9 Å². The topological polar surface area (TPSA) is 76.8 Å². The summed E-state index contributed by atoms with van der Waals surface area (Å²) in [4.78, 5) is 13.0. The molecular weight excluding hydrogens is 426 g/mol. The maximum Gasteiger partial charge on any atom is 0.252 e. The van der Waals surface area contributed by atoms with Crippen molar-refractivity contribution in [3.8, 4) is 5.75 Å². The molecule has 0 bridgehead atoms. The summed E-state index contributed by atoms with van der Waals surface area (Å²) < 4.78 is 6.93. The number of aryl methyl sites for hydroxylation is 1. The highest BCUT2D eigenvalue weighted by atomic mass is 16.5. The van der Waals surface area contributed by atoms with Gasteiger partial charge in [-0.3, -0.25) is 4.79 Å². The van der Waals surface area contributed by atoms with Crippen molar-refractivity contribution in [1.82, 2.24) is 5.32 Å². The van der Waals surface area contributed by atoms with Crippen molar-refractivity contribution < 1.29 is 19.3 Å². The van der Waals surface area contributed by atoms with Gasteiger partial charge in [-0.1, -0.05) is 48.4 Å². The van der Waals surface area contributed by atoms with Gasteiger partial charge in [0.05, 0.1) is 13.0 Å².